The molecule has 8 heteroatoms. The Hall–Kier alpha value is -3.65. The first kappa shape index (κ1) is 22.5. The number of carbonyl (C=O) groups excluding carboxylic acids is 2. The van der Waals surface area contributed by atoms with E-state index < -0.39 is 27.5 Å². The van der Waals surface area contributed by atoms with Gasteiger partial charge in [0.15, 0.2) is 5.60 Å². The highest BCUT2D eigenvalue weighted by atomic mass is 32.2. The van der Waals surface area contributed by atoms with Crippen molar-refractivity contribution >= 4 is 33.3 Å². The molecule has 0 bridgehead atoms. The number of hydrogen-bond acceptors (Lipinski definition) is 5. The van der Waals surface area contributed by atoms with Crippen molar-refractivity contribution in [2.24, 2.45) is 0 Å². The van der Waals surface area contributed by atoms with Crippen LogP contribution in [-0.2, 0) is 26.0 Å². The van der Waals surface area contributed by atoms with Crippen LogP contribution in [0, 0.1) is 13.8 Å². The number of hydrogen-bond donors (Lipinski definition) is 2. The molecule has 3 aromatic carbocycles. The first-order valence-electron chi connectivity index (χ1n) is 10.4. The number of rotatable bonds is 5. The summed E-state index contributed by atoms with van der Waals surface area (Å²) in [5.41, 5.74) is 2.39. The second-order valence-electron chi connectivity index (χ2n) is 8.31. The Morgan fingerprint density at radius 2 is 1.58 bits per heavy atom. The van der Waals surface area contributed by atoms with Gasteiger partial charge in [0.05, 0.1) is 16.1 Å². The Labute approximate surface area is 192 Å². The molecule has 0 saturated carbocycles. The summed E-state index contributed by atoms with van der Waals surface area (Å²) in [4.78, 5) is 25.3. The lowest BCUT2D eigenvalue weighted by Crippen LogP contribution is -2.48. The van der Waals surface area contributed by atoms with Crippen molar-refractivity contribution in [3.63, 3.8) is 0 Å². The highest BCUT2D eigenvalue weighted by Crippen LogP contribution is 2.30. The third kappa shape index (κ3) is 4.47. The Bertz CT molecular complexity index is 1330. The van der Waals surface area contributed by atoms with Crippen LogP contribution in [0.25, 0.3) is 0 Å². The van der Waals surface area contributed by atoms with Gasteiger partial charge in [0.2, 0.25) is 0 Å². The predicted octanol–water partition coefficient (Wildman–Crippen LogP) is 4.21. The SMILES string of the molecule is Cc1cccc(C)c1NS(=O)(=O)c1ccc(NC(=O)C2(C)Cc3ccccc3C(=O)O2)cc1. The van der Waals surface area contributed by atoms with Crippen molar-refractivity contribution in [2.75, 3.05) is 10.0 Å². The van der Waals surface area contributed by atoms with Gasteiger partial charge in [-0.3, -0.25) is 9.52 Å². The van der Waals surface area contributed by atoms with Crippen LogP contribution in [0.5, 0.6) is 0 Å². The third-order valence-electron chi connectivity index (χ3n) is 5.70. The quantitative estimate of drug-likeness (QED) is 0.551. The summed E-state index contributed by atoms with van der Waals surface area (Å²) >= 11 is 0. The summed E-state index contributed by atoms with van der Waals surface area (Å²) in [5.74, 6) is -1.04. The smallest absolute Gasteiger partial charge is 0.339 e. The number of sulfonamides is 1. The van der Waals surface area contributed by atoms with E-state index in [-0.39, 0.29) is 11.3 Å². The second kappa shape index (κ2) is 8.37. The Kier molecular flexibility index (Phi) is 5.71. The zero-order valence-electron chi connectivity index (χ0n) is 18.5. The molecule has 1 unspecified atom stereocenters. The Balaban J connectivity index is 1.50. The molecular weight excluding hydrogens is 440 g/mol. The van der Waals surface area contributed by atoms with Gasteiger partial charge >= 0.3 is 5.97 Å². The number of ether oxygens (including phenoxy) is 1. The minimum atomic E-state index is -3.81. The molecule has 1 heterocycles. The number of benzene rings is 3. The van der Waals surface area contributed by atoms with Gasteiger partial charge < -0.3 is 10.1 Å². The van der Waals surface area contributed by atoms with Crippen molar-refractivity contribution < 1.29 is 22.7 Å². The number of aryl methyl sites for hydroxylation is 2. The molecule has 3 aromatic rings. The lowest BCUT2D eigenvalue weighted by atomic mass is 9.89. The lowest BCUT2D eigenvalue weighted by molar-refractivity contribution is -0.134. The van der Waals surface area contributed by atoms with E-state index >= 15 is 0 Å². The number of anilines is 2. The van der Waals surface area contributed by atoms with Gasteiger partial charge in [0.25, 0.3) is 15.9 Å². The third-order valence-corrected chi connectivity index (χ3v) is 7.07. The molecule has 0 saturated heterocycles. The minimum Gasteiger partial charge on any atom is -0.445 e. The molecule has 0 fully saturated rings. The average Bonchev–Trinajstić information content (AvgIpc) is 2.77. The van der Waals surface area contributed by atoms with Crippen LogP contribution >= 0.6 is 0 Å². The van der Waals surface area contributed by atoms with Crippen molar-refractivity contribution in [3.05, 3.63) is 89.0 Å². The fourth-order valence-corrected chi connectivity index (χ4v) is 5.01. The molecule has 33 heavy (non-hydrogen) atoms. The number of cyclic esters (lactones) is 1. The van der Waals surface area contributed by atoms with Crippen LogP contribution < -0.4 is 10.0 Å². The normalized spacial score (nSPS) is 17.6. The van der Waals surface area contributed by atoms with Gasteiger partial charge in [-0.05, 0) is 67.8 Å². The number of para-hydroxylation sites is 1. The molecule has 2 N–H and O–H groups in total. The molecule has 1 amide bonds. The van der Waals surface area contributed by atoms with E-state index in [4.69, 9.17) is 4.74 Å². The maximum Gasteiger partial charge on any atom is 0.339 e. The molecule has 4 rings (SSSR count). The largest absolute Gasteiger partial charge is 0.445 e. The molecule has 0 spiro atoms. The molecule has 1 aliphatic rings. The van der Waals surface area contributed by atoms with Crippen molar-refractivity contribution in [2.45, 2.75) is 37.7 Å². The van der Waals surface area contributed by atoms with E-state index in [9.17, 15) is 18.0 Å². The fraction of sp³-hybridized carbons (Fsp3) is 0.200. The molecule has 7 nitrogen and oxygen atoms in total. The van der Waals surface area contributed by atoms with Gasteiger partial charge in [-0.15, -0.1) is 0 Å². The first-order chi connectivity index (χ1) is 15.6. The van der Waals surface area contributed by atoms with Crippen LogP contribution in [-0.4, -0.2) is 25.9 Å². The standard InChI is InChI=1S/C25H24N2O5S/c1-16-7-6-8-17(2)22(16)27-33(30,31)20-13-11-19(12-14-20)26-24(29)25(3)15-18-9-4-5-10-21(18)23(28)32-25/h4-14,27H,15H2,1-3H3,(H,26,29). The van der Waals surface area contributed by atoms with Crippen molar-refractivity contribution in [1.82, 2.24) is 0 Å². The highest BCUT2D eigenvalue weighted by molar-refractivity contribution is 7.92. The summed E-state index contributed by atoms with van der Waals surface area (Å²) in [6, 6.07) is 18.4. The van der Waals surface area contributed by atoms with Gasteiger partial charge in [-0.1, -0.05) is 36.4 Å². The monoisotopic (exact) mass is 464 g/mol. The topological polar surface area (TPSA) is 102 Å². The maximum absolute atomic E-state index is 12.9. The molecule has 0 aromatic heterocycles. The maximum atomic E-state index is 12.9. The van der Waals surface area contributed by atoms with E-state index in [1.807, 2.05) is 32.0 Å². The summed E-state index contributed by atoms with van der Waals surface area (Å²) < 4.78 is 33.7. The summed E-state index contributed by atoms with van der Waals surface area (Å²) in [7, 11) is -3.81. The zero-order valence-corrected chi connectivity index (χ0v) is 19.3. The molecule has 0 radical (unpaired) electrons. The highest BCUT2D eigenvalue weighted by Gasteiger charge is 2.42. The first-order valence-corrected chi connectivity index (χ1v) is 11.9. The number of nitrogens with one attached hydrogen (secondary N) is 2. The molecule has 170 valence electrons. The number of fused-ring (bicyclic) bond motifs is 1. The van der Waals surface area contributed by atoms with Crippen LogP contribution in [0.4, 0.5) is 11.4 Å². The Morgan fingerprint density at radius 1 is 0.939 bits per heavy atom. The van der Waals surface area contributed by atoms with Crippen LogP contribution in [0.2, 0.25) is 0 Å². The summed E-state index contributed by atoms with van der Waals surface area (Å²) in [5, 5.41) is 2.72. The van der Waals surface area contributed by atoms with Gasteiger partial charge in [0, 0.05) is 12.1 Å². The minimum absolute atomic E-state index is 0.0624. The van der Waals surface area contributed by atoms with Gasteiger partial charge in [-0.2, -0.15) is 0 Å². The molecule has 1 aliphatic heterocycles. The Morgan fingerprint density at radius 3 is 2.24 bits per heavy atom. The van der Waals surface area contributed by atoms with E-state index in [0.29, 0.717) is 16.9 Å². The lowest BCUT2D eigenvalue weighted by Gasteiger charge is -2.33. The number of esters is 1. The molecule has 0 aliphatic carbocycles. The summed E-state index contributed by atoms with van der Waals surface area (Å²) in [6.45, 7) is 5.23. The number of amides is 1. The average molecular weight is 465 g/mol. The molecule has 1 atom stereocenters. The van der Waals surface area contributed by atoms with E-state index in [1.54, 1.807) is 31.2 Å². The zero-order chi connectivity index (χ0) is 23.8. The van der Waals surface area contributed by atoms with Crippen LogP contribution in [0.3, 0.4) is 0 Å². The van der Waals surface area contributed by atoms with E-state index in [0.717, 1.165) is 16.7 Å². The van der Waals surface area contributed by atoms with Gasteiger partial charge in [0.1, 0.15) is 0 Å². The fourth-order valence-electron chi connectivity index (χ4n) is 3.81. The van der Waals surface area contributed by atoms with E-state index in [2.05, 4.69) is 10.0 Å². The van der Waals surface area contributed by atoms with Gasteiger partial charge in [-0.25, -0.2) is 13.2 Å². The number of carbonyl (C=O) groups is 2. The summed E-state index contributed by atoms with van der Waals surface area (Å²) in [6.07, 6.45) is 0.243. The van der Waals surface area contributed by atoms with E-state index in [1.165, 1.54) is 24.3 Å². The van der Waals surface area contributed by atoms with Crippen molar-refractivity contribution in [1.29, 1.82) is 0 Å². The van der Waals surface area contributed by atoms with Crippen LogP contribution in [0.1, 0.15) is 34.0 Å². The second-order valence-corrected chi connectivity index (χ2v) is 9.99. The van der Waals surface area contributed by atoms with Crippen molar-refractivity contribution in [3.8, 4) is 0 Å². The predicted molar refractivity (Wildman–Crippen MR) is 126 cm³/mol. The molecular formula is C25H24N2O5S. The van der Waals surface area contributed by atoms with Crippen LogP contribution in [0.15, 0.2) is 71.6 Å².